The van der Waals surface area contributed by atoms with Gasteiger partial charge in [-0.1, -0.05) is 12.1 Å². The van der Waals surface area contributed by atoms with Gasteiger partial charge in [-0.25, -0.2) is 9.37 Å². The molecule has 1 amide bonds. The van der Waals surface area contributed by atoms with Crippen LogP contribution in [0.15, 0.2) is 47.5 Å². The molecule has 2 aromatic carbocycles. The molecule has 8 heteroatoms. The summed E-state index contributed by atoms with van der Waals surface area (Å²) in [4.78, 5) is 31.4. The number of aryl methyl sites for hydroxylation is 1. The van der Waals surface area contributed by atoms with Crippen molar-refractivity contribution in [2.45, 2.75) is 32.4 Å². The SMILES string of the molecule is COc1cc2ncn(CCCC(=O)N(C)C(C)c3ccc(F)cc3)c(=O)c2cc1OC. The monoisotopic (exact) mass is 427 g/mol. The van der Waals surface area contributed by atoms with E-state index in [0.717, 1.165) is 5.56 Å². The molecule has 0 aliphatic carbocycles. The highest BCUT2D eigenvalue weighted by molar-refractivity contribution is 5.81. The van der Waals surface area contributed by atoms with E-state index in [1.54, 1.807) is 36.2 Å². The molecule has 0 aliphatic rings. The molecule has 0 fully saturated rings. The van der Waals surface area contributed by atoms with Crippen LogP contribution in [-0.4, -0.2) is 41.6 Å². The molecule has 0 N–H and O–H groups in total. The molecule has 3 aromatic rings. The van der Waals surface area contributed by atoms with E-state index >= 15 is 0 Å². The third-order valence-corrected chi connectivity index (χ3v) is 5.45. The average Bonchev–Trinajstić information content (AvgIpc) is 2.79. The van der Waals surface area contributed by atoms with Gasteiger partial charge in [0, 0.05) is 26.1 Å². The number of hydrogen-bond acceptors (Lipinski definition) is 5. The Labute approximate surface area is 180 Å². The van der Waals surface area contributed by atoms with E-state index in [2.05, 4.69) is 4.98 Å². The number of benzene rings is 2. The summed E-state index contributed by atoms with van der Waals surface area (Å²) < 4.78 is 25.1. The lowest BCUT2D eigenvalue weighted by Crippen LogP contribution is -2.30. The van der Waals surface area contributed by atoms with Crippen LogP contribution in [0.3, 0.4) is 0 Å². The van der Waals surface area contributed by atoms with Crippen LogP contribution in [-0.2, 0) is 11.3 Å². The molecule has 0 saturated carbocycles. The fourth-order valence-corrected chi connectivity index (χ4v) is 3.40. The van der Waals surface area contributed by atoms with Crippen LogP contribution in [0.1, 0.15) is 31.4 Å². The van der Waals surface area contributed by atoms with Crippen molar-refractivity contribution < 1.29 is 18.7 Å². The maximum Gasteiger partial charge on any atom is 0.261 e. The lowest BCUT2D eigenvalue weighted by Gasteiger charge is -2.25. The van der Waals surface area contributed by atoms with Gasteiger partial charge in [0.25, 0.3) is 5.56 Å². The Kier molecular flexibility index (Phi) is 6.89. The molecule has 1 heterocycles. The summed E-state index contributed by atoms with van der Waals surface area (Å²) in [6, 6.07) is 9.21. The van der Waals surface area contributed by atoms with Crippen LogP contribution in [0, 0.1) is 5.82 Å². The molecule has 1 unspecified atom stereocenters. The number of fused-ring (bicyclic) bond motifs is 1. The van der Waals surface area contributed by atoms with Crippen molar-refractivity contribution in [1.29, 1.82) is 0 Å². The maximum atomic E-state index is 13.1. The number of halogens is 1. The van der Waals surface area contributed by atoms with Crippen molar-refractivity contribution in [1.82, 2.24) is 14.5 Å². The number of methoxy groups -OCH3 is 2. The minimum absolute atomic E-state index is 0.0509. The highest BCUT2D eigenvalue weighted by Gasteiger charge is 2.17. The van der Waals surface area contributed by atoms with Gasteiger partial charge in [0.2, 0.25) is 5.91 Å². The van der Waals surface area contributed by atoms with E-state index < -0.39 is 0 Å². The largest absolute Gasteiger partial charge is 0.493 e. The number of rotatable bonds is 8. The van der Waals surface area contributed by atoms with Gasteiger partial charge in [0.05, 0.1) is 37.5 Å². The molecule has 0 spiro atoms. The van der Waals surface area contributed by atoms with Crippen molar-refractivity contribution in [2.75, 3.05) is 21.3 Å². The van der Waals surface area contributed by atoms with E-state index in [-0.39, 0.29) is 29.7 Å². The Morgan fingerprint density at radius 3 is 2.45 bits per heavy atom. The summed E-state index contributed by atoms with van der Waals surface area (Å²) in [7, 11) is 4.75. The van der Waals surface area contributed by atoms with E-state index in [9.17, 15) is 14.0 Å². The first-order valence-corrected chi connectivity index (χ1v) is 9.98. The smallest absolute Gasteiger partial charge is 0.261 e. The summed E-state index contributed by atoms with van der Waals surface area (Å²) in [5.41, 5.74) is 1.17. The van der Waals surface area contributed by atoms with Gasteiger partial charge in [-0.15, -0.1) is 0 Å². The number of amides is 1. The standard InChI is InChI=1S/C23H26FN3O4/c1-15(16-7-9-17(24)10-8-16)26(2)22(28)6-5-11-27-14-25-19-13-21(31-4)20(30-3)12-18(19)23(27)29/h7-10,12-15H,5-6,11H2,1-4H3. The van der Waals surface area contributed by atoms with Crippen molar-refractivity contribution in [3.63, 3.8) is 0 Å². The first kappa shape index (κ1) is 22.3. The van der Waals surface area contributed by atoms with Crippen molar-refractivity contribution in [3.05, 3.63) is 64.5 Å². The Balaban J connectivity index is 1.66. The molecule has 0 saturated heterocycles. The molecule has 0 radical (unpaired) electrons. The van der Waals surface area contributed by atoms with Gasteiger partial charge < -0.3 is 14.4 Å². The van der Waals surface area contributed by atoms with Gasteiger partial charge in [-0.3, -0.25) is 14.2 Å². The molecular formula is C23H26FN3O4. The summed E-state index contributed by atoms with van der Waals surface area (Å²) >= 11 is 0. The summed E-state index contributed by atoms with van der Waals surface area (Å²) in [6.07, 6.45) is 2.24. The lowest BCUT2D eigenvalue weighted by molar-refractivity contribution is -0.131. The van der Waals surface area contributed by atoms with Crippen LogP contribution in [0.2, 0.25) is 0 Å². The molecule has 0 bridgehead atoms. The van der Waals surface area contributed by atoms with E-state index in [1.807, 2.05) is 6.92 Å². The summed E-state index contributed by atoms with van der Waals surface area (Å²) in [5.74, 6) is 0.599. The quantitative estimate of drug-likeness (QED) is 0.550. The number of aromatic nitrogens is 2. The van der Waals surface area contributed by atoms with Crippen molar-refractivity contribution >= 4 is 16.8 Å². The van der Waals surface area contributed by atoms with Gasteiger partial charge in [-0.05, 0) is 37.1 Å². The second-order valence-corrected chi connectivity index (χ2v) is 7.30. The first-order chi connectivity index (χ1) is 14.8. The number of carbonyl (C=O) groups excluding carboxylic acids is 1. The molecule has 1 atom stereocenters. The zero-order valence-corrected chi connectivity index (χ0v) is 18.1. The van der Waals surface area contributed by atoms with Gasteiger partial charge in [0.15, 0.2) is 11.5 Å². The van der Waals surface area contributed by atoms with Crippen LogP contribution in [0.4, 0.5) is 4.39 Å². The summed E-state index contributed by atoms with van der Waals surface area (Å²) in [6.45, 7) is 2.26. The zero-order valence-electron chi connectivity index (χ0n) is 18.1. The normalized spacial score (nSPS) is 11.9. The molecule has 7 nitrogen and oxygen atoms in total. The fraction of sp³-hybridized carbons (Fsp3) is 0.348. The predicted molar refractivity (Wildman–Crippen MR) is 116 cm³/mol. The van der Waals surface area contributed by atoms with Crippen LogP contribution >= 0.6 is 0 Å². The molecule has 164 valence electrons. The Bertz CT molecular complexity index is 1130. The van der Waals surface area contributed by atoms with Gasteiger partial charge in [-0.2, -0.15) is 0 Å². The van der Waals surface area contributed by atoms with Gasteiger partial charge >= 0.3 is 0 Å². The number of hydrogen-bond donors (Lipinski definition) is 0. The van der Waals surface area contributed by atoms with Crippen LogP contribution in [0.5, 0.6) is 11.5 Å². The molecule has 31 heavy (non-hydrogen) atoms. The Morgan fingerprint density at radius 1 is 1.16 bits per heavy atom. The highest BCUT2D eigenvalue weighted by atomic mass is 19.1. The third-order valence-electron chi connectivity index (χ3n) is 5.45. The van der Waals surface area contributed by atoms with Crippen molar-refractivity contribution in [3.8, 4) is 11.5 Å². The van der Waals surface area contributed by atoms with Gasteiger partial charge in [0.1, 0.15) is 5.82 Å². The molecule has 1 aromatic heterocycles. The second-order valence-electron chi connectivity index (χ2n) is 7.30. The predicted octanol–water partition coefficient (Wildman–Crippen LogP) is 3.55. The number of ether oxygens (including phenoxy) is 2. The summed E-state index contributed by atoms with van der Waals surface area (Å²) in [5, 5.41) is 0.425. The van der Waals surface area contributed by atoms with Crippen LogP contribution < -0.4 is 15.0 Å². The Morgan fingerprint density at radius 2 is 1.81 bits per heavy atom. The average molecular weight is 427 g/mol. The van der Waals surface area contributed by atoms with E-state index in [0.29, 0.717) is 35.4 Å². The van der Waals surface area contributed by atoms with E-state index in [4.69, 9.17) is 9.47 Å². The number of nitrogens with zero attached hydrogens (tertiary/aromatic N) is 3. The first-order valence-electron chi connectivity index (χ1n) is 9.98. The third kappa shape index (κ3) is 4.84. The zero-order chi connectivity index (χ0) is 22.5. The minimum atomic E-state index is -0.310. The second kappa shape index (κ2) is 9.59. The molecule has 0 aliphatic heterocycles. The van der Waals surface area contributed by atoms with Crippen LogP contribution in [0.25, 0.3) is 10.9 Å². The molecule has 3 rings (SSSR count). The molecular weight excluding hydrogens is 401 g/mol. The highest BCUT2D eigenvalue weighted by Crippen LogP contribution is 2.29. The fourth-order valence-electron chi connectivity index (χ4n) is 3.40. The minimum Gasteiger partial charge on any atom is -0.493 e. The van der Waals surface area contributed by atoms with Crippen molar-refractivity contribution in [2.24, 2.45) is 0 Å². The Hall–Kier alpha value is -3.42. The lowest BCUT2D eigenvalue weighted by atomic mass is 10.1. The maximum absolute atomic E-state index is 13.1. The topological polar surface area (TPSA) is 73.7 Å². The number of carbonyl (C=O) groups is 1. The van der Waals surface area contributed by atoms with E-state index in [1.165, 1.54) is 37.2 Å².